The molecule has 0 atom stereocenters. The standard InChI is InChI=1S/C21H13BrN4O2/c1-25-20(27)15-11-23-19-17(16(15)21(25)28)18(12-5-3-2-4-6-12)24-26(19)14-9-7-13(22)8-10-14/h2-11H,1H3. The number of hydrogen-bond acceptors (Lipinski definition) is 4. The number of fused-ring (bicyclic) bond motifs is 3. The lowest BCUT2D eigenvalue weighted by atomic mass is 10.0. The average Bonchev–Trinajstić information content (AvgIpc) is 3.21. The molecule has 0 aliphatic carbocycles. The molecule has 5 rings (SSSR count). The van der Waals surface area contributed by atoms with Gasteiger partial charge in [-0.2, -0.15) is 5.10 Å². The van der Waals surface area contributed by atoms with Crippen molar-refractivity contribution in [2.75, 3.05) is 7.05 Å². The molecule has 3 heterocycles. The van der Waals surface area contributed by atoms with Gasteiger partial charge in [0.05, 0.1) is 22.2 Å². The highest BCUT2D eigenvalue weighted by molar-refractivity contribution is 9.10. The van der Waals surface area contributed by atoms with Gasteiger partial charge in [0.1, 0.15) is 5.69 Å². The molecular weight excluding hydrogens is 420 g/mol. The molecule has 136 valence electrons. The fraction of sp³-hybridized carbons (Fsp3) is 0.0476. The highest BCUT2D eigenvalue weighted by Gasteiger charge is 2.37. The second-order valence-electron chi connectivity index (χ2n) is 6.52. The second kappa shape index (κ2) is 6.10. The molecular formula is C21H13BrN4O2. The molecule has 1 aliphatic heterocycles. The molecule has 6 nitrogen and oxygen atoms in total. The van der Waals surface area contributed by atoms with Crippen molar-refractivity contribution in [3.8, 4) is 16.9 Å². The highest BCUT2D eigenvalue weighted by atomic mass is 79.9. The summed E-state index contributed by atoms with van der Waals surface area (Å²) in [6.45, 7) is 0. The molecule has 0 spiro atoms. The fourth-order valence-corrected chi connectivity index (χ4v) is 3.73. The predicted molar refractivity (Wildman–Crippen MR) is 108 cm³/mol. The third-order valence-electron chi connectivity index (χ3n) is 4.87. The first-order valence-electron chi connectivity index (χ1n) is 8.62. The van der Waals surface area contributed by atoms with Crippen molar-refractivity contribution in [3.05, 3.63) is 76.4 Å². The van der Waals surface area contributed by atoms with Gasteiger partial charge in [0, 0.05) is 23.3 Å². The summed E-state index contributed by atoms with van der Waals surface area (Å²) in [5, 5.41) is 5.37. The van der Waals surface area contributed by atoms with Crippen molar-refractivity contribution in [1.82, 2.24) is 19.7 Å². The maximum atomic E-state index is 12.8. The number of aromatic nitrogens is 3. The molecule has 0 saturated carbocycles. The summed E-state index contributed by atoms with van der Waals surface area (Å²) >= 11 is 3.44. The van der Waals surface area contributed by atoms with Crippen LogP contribution in [0.25, 0.3) is 28.0 Å². The van der Waals surface area contributed by atoms with E-state index in [1.165, 1.54) is 13.2 Å². The van der Waals surface area contributed by atoms with Gasteiger partial charge in [0.2, 0.25) is 0 Å². The van der Waals surface area contributed by atoms with Gasteiger partial charge in [-0.15, -0.1) is 0 Å². The molecule has 2 aromatic carbocycles. The number of halogens is 1. The predicted octanol–water partition coefficient (Wildman–Crippen LogP) is 4.08. The van der Waals surface area contributed by atoms with Crippen LogP contribution >= 0.6 is 15.9 Å². The zero-order valence-corrected chi connectivity index (χ0v) is 16.3. The highest BCUT2D eigenvalue weighted by Crippen LogP contribution is 2.36. The number of carbonyl (C=O) groups excluding carboxylic acids is 2. The van der Waals surface area contributed by atoms with Gasteiger partial charge < -0.3 is 0 Å². The summed E-state index contributed by atoms with van der Waals surface area (Å²) in [5.41, 5.74) is 3.50. The largest absolute Gasteiger partial charge is 0.277 e. The van der Waals surface area contributed by atoms with E-state index in [1.54, 1.807) is 4.68 Å². The minimum atomic E-state index is -0.343. The van der Waals surface area contributed by atoms with E-state index in [-0.39, 0.29) is 11.8 Å². The van der Waals surface area contributed by atoms with E-state index in [0.717, 1.165) is 20.6 Å². The molecule has 0 radical (unpaired) electrons. The molecule has 0 unspecified atom stereocenters. The lowest BCUT2D eigenvalue weighted by Crippen LogP contribution is -2.24. The number of carbonyl (C=O) groups is 2. The van der Waals surface area contributed by atoms with Gasteiger partial charge in [0.25, 0.3) is 11.8 Å². The Bertz CT molecular complexity index is 1260. The van der Waals surface area contributed by atoms with E-state index < -0.39 is 0 Å². The maximum Gasteiger partial charge on any atom is 0.262 e. The molecule has 28 heavy (non-hydrogen) atoms. The Kier molecular flexibility index (Phi) is 3.67. The van der Waals surface area contributed by atoms with E-state index in [1.807, 2.05) is 54.6 Å². The Morgan fingerprint density at radius 2 is 1.64 bits per heavy atom. The van der Waals surface area contributed by atoms with Gasteiger partial charge in [-0.25, -0.2) is 9.67 Å². The van der Waals surface area contributed by atoms with E-state index in [9.17, 15) is 9.59 Å². The van der Waals surface area contributed by atoms with Crippen molar-refractivity contribution in [3.63, 3.8) is 0 Å². The first kappa shape index (κ1) is 16.8. The first-order valence-corrected chi connectivity index (χ1v) is 9.41. The lowest BCUT2D eigenvalue weighted by Gasteiger charge is -2.04. The quantitative estimate of drug-likeness (QED) is 0.447. The van der Waals surface area contributed by atoms with Crippen LogP contribution in [0.15, 0.2) is 65.3 Å². The zero-order valence-electron chi connectivity index (χ0n) is 14.8. The van der Waals surface area contributed by atoms with Crippen molar-refractivity contribution in [2.24, 2.45) is 0 Å². The van der Waals surface area contributed by atoms with Crippen LogP contribution in [0.4, 0.5) is 0 Å². The number of pyridine rings is 1. The van der Waals surface area contributed by atoms with E-state index >= 15 is 0 Å². The molecule has 2 amide bonds. The fourth-order valence-electron chi connectivity index (χ4n) is 3.47. The summed E-state index contributed by atoms with van der Waals surface area (Å²) in [6.07, 6.45) is 1.47. The molecule has 7 heteroatoms. The molecule has 1 aliphatic rings. The number of amides is 2. The molecule has 2 aromatic heterocycles. The number of rotatable bonds is 2. The van der Waals surface area contributed by atoms with Crippen LogP contribution in [0.2, 0.25) is 0 Å². The van der Waals surface area contributed by atoms with Crippen molar-refractivity contribution in [2.45, 2.75) is 0 Å². The van der Waals surface area contributed by atoms with Crippen LogP contribution in [-0.4, -0.2) is 38.5 Å². The molecule has 0 N–H and O–H groups in total. The van der Waals surface area contributed by atoms with E-state index in [2.05, 4.69) is 20.9 Å². The van der Waals surface area contributed by atoms with Crippen LogP contribution in [-0.2, 0) is 0 Å². The van der Waals surface area contributed by atoms with Gasteiger partial charge in [-0.3, -0.25) is 14.5 Å². The summed E-state index contributed by atoms with van der Waals surface area (Å²) < 4.78 is 2.66. The SMILES string of the molecule is CN1C(=O)c2cnc3c(c(-c4ccccc4)nn3-c3ccc(Br)cc3)c2C1=O. The van der Waals surface area contributed by atoms with E-state index in [0.29, 0.717) is 27.9 Å². The Hall–Kier alpha value is -3.32. The minimum absolute atomic E-state index is 0.313. The number of hydrogen-bond donors (Lipinski definition) is 0. The van der Waals surface area contributed by atoms with Crippen LogP contribution in [0.5, 0.6) is 0 Å². The van der Waals surface area contributed by atoms with Crippen LogP contribution in [0.1, 0.15) is 20.7 Å². The third-order valence-corrected chi connectivity index (χ3v) is 5.40. The second-order valence-corrected chi connectivity index (χ2v) is 7.43. The third kappa shape index (κ3) is 2.33. The Morgan fingerprint density at radius 3 is 2.36 bits per heavy atom. The maximum absolute atomic E-state index is 12.8. The average molecular weight is 433 g/mol. The summed E-state index contributed by atoms with van der Waals surface area (Å²) in [5.74, 6) is -0.676. The van der Waals surface area contributed by atoms with Crippen molar-refractivity contribution in [1.29, 1.82) is 0 Å². The summed E-state index contributed by atoms with van der Waals surface area (Å²) in [7, 11) is 1.48. The number of imide groups is 1. The van der Waals surface area contributed by atoms with E-state index in [4.69, 9.17) is 5.10 Å². The molecule has 4 aromatic rings. The molecule has 0 saturated heterocycles. The van der Waals surface area contributed by atoms with Crippen molar-refractivity contribution >= 4 is 38.8 Å². The number of nitrogens with zero attached hydrogens (tertiary/aromatic N) is 4. The Morgan fingerprint density at radius 1 is 0.929 bits per heavy atom. The van der Waals surface area contributed by atoms with Gasteiger partial charge >= 0.3 is 0 Å². The Labute approximate surface area is 168 Å². The molecule has 0 bridgehead atoms. The van der Waals surface area contributed by atoms with Crippen LogP contribution in [0, 0.1) is 0 Å². The monoisotopic (exact) mass is 432 g/mol. The summed E-state index contributed by atoms with van der Waals surface area (Å²) in [4.78, 5) is 30.9. The van der Waals surface area contributed by atoms with Crippen molar-refractivity contribution < 1.29 is 9.59 Å². The lowest BCUT2D eigenvalue weighted by molar-refractivity contribution is 0.0693. The zero-order chi connectivity index (χ0) is 19.4. The first-order chi connectivity index (χ1) is 13.6. The van der Waals surface area contributed by atoms with Gasteiger partial charge in [-0.1, -0.05) is 46.3 Å². The van der Waals surface area contributed by atoms with Gasteiger partial charge in [-0.05, 0) is 24.3 Å². The Balaban J connectivity index is 1.89. The normalized spacial score (nSPS) is 13.4. The van der Waals surface area contributed by atoms with Gasteiger partial charge in [0.15, 0.2) is 5.65 Å². The number of benzene rings is 2. The smallest absolute Gasteiger partial charge is 0.262 e. The van der Waals surface area contributed by atoms with Crippen LogP contribution < -0.4 is 0 Å². The molecule has 0 fully saturated rings. The van der Waals surface area contributed by atoms with Crippen LogP contribution in [0.3, 0.4) is 0 Å². The summed E-state index contributed by atoms with van der Waals surface area (Å²) in [6, 6.07) is 17.3. The topological polar surface area (TPSA) is 68.1 Å². The minimum Gasteiger partial charge on any atom is -0.277 e.